The van der Waals surface area contributed by atoms with Gasteiger partial charge in [0.15, 0.2) is 5.78 Å². The lowest BCUT2D eigenvalue weighted by Crippen LogP contribution is -2.41. The van der Waals surface area contributed by atoms with Gasteiger partial charge in [0.2, 0.25) is 5.91 Å². The van der Waals surface area contributed by atoms with Crippen molar-refractivity contribution in [3.8, 4) is 0 Å². The average Bonchev–Trinajstić information content (AvgIpc) is 2.79. The molecule has 0 aromatic rings. The van der Waals surface area contributed by atoms with Crippen LogP contribution in [0.2, 0.25) is 0 Å². The van der Waals surface area contributed by atoms with E-state index >= 15 is 0 Å². The molecular weight excluding hydrogens is 290 g/mol. The van der Waals surface area contributed by atoms with Gasteiger partial charge in [-0.1, -0.05) is 32.9 Å². The fourth-order valence-corrected chi connectivity index (χ4v) is 3.24. The Bertz CT molecular complexity index is 454. The Balaban J connectivity index is 2.58. The van der Waals surface area contributed by atoms with Gasteiger partial charge in [-0.15, -0.1) is 0 Å². The van der Waals surface area contributed by atoms with Gasteiger partial charge >= 0.3 is 0 Å². The first-order valence-corrected chi connectivity index (χ1v) is 8.82. The second kappa shape index (κ2) is 9.64. The van der Waals surface area contributed by atoms with Crippen LogP contribution in [0.15, 0.2) is 12.2 Å². The number of allylic oxidation sites excluding steroid dienone is 2. The summed E-state index contributed by atoms with van der Waals surface area (Å²) >= 11 is 0. The second-order valence-corrected chi connectivity index (χ2v) is 7.05. The Morgan fingerprint density at radius 3 is 2.57 bits per heavy atom. The van der Waals surface area contributed by atoms with Gasteiger partial charge in [0.05, 0.1) is 6.04 Å². The number of hydrogen-bond acceptors (Lipinski definition) is 3. The first-order valence-electron chi connectivity index (χ1n) is 8.82. The van der Waals surface area contributed by atoms with Crippen molar-refractivity contribution < 1.29 is 14.4 Å². The standard InChI is InChI=1S/C19H31NO3/c1-5-6-7-8-16-15(9-10-18(16)22)12-19(23)20-17(14(4)21)11-13(2)3/h6-7,13,15-17H,5,8-12H2,1-4H3,(H,20,23)/b7-6-. The van der Waals surface area contributed by atoms with E-state index < -0.39 is 6.04 Å². The van der Waals surface area contributed by atoms with E-state index in [4.69, 9.17) is 0 Å². The molecular formula is C19H31NO3. The van der Waals surface area contributed by atoms with Crippen molar-refractivity contribution in [3.05, 3.63) is 12.2 Å². The van der Waals surface area contributed by atoms with Crippen LogP contribution in [0.25, 0.3) is 0 Å². The van der Waals surface area contributed by atoms with Gasteiger partial charge in [0, 0.05) is 18.8 Å². The van der Waals surface area contributed by atoms with E-state index in [1.807, 2.05) is 13.8 Å². The Labute approximate surface area is 140 Å². The van der Waals surface area contributed by atoms with Crippen LogP contribution in [0.3, 0.4) is 0 Å². The molecule has 0 heterocycles. The molecule has 1 aliphatic carbocycles. The molecule has 130 valence electrons. The molecule has 0 radical (unpaired) electrons. The van der Waals surface area contributed by atoms with E-state index in [1.165, 1.54) is 6.92 Å². The highest BCUT2D eigenvalue weighted by molar-refractivity contribution is 5.88. The summed E-state index contributed by atoms with van der Waals surface area (Å²) in [5.41, 5.74) is 0. The molecule has 0 saturated heterocycles. The number of ketones is 2. The van der Waals surface area contributed by atoms with Crippen molar-refractivity contribution >= 4 is 17.5 Å². The SMILES string of the molecule is CC/C=C\CC1C(=O)CCC1CC(=O)NC(CC(C)C)C(C)=O. The summed E-state index contributed by atoms with van der Waals surface area (Å²) in [6.07, 6.45) is 8.17. The van der Waals surface area contributed by atoms with Gasteiger partial charge in [0.1, 0.15) is 5.78 Å². The van der Waals surface area contributed by atoms with Crippen molar-refractivity contribution in [3.63, 3.8) is 0 Å². The molecule has 1 amide bonds. The van der Waals surface area contributed by atoms with Gasteiger partial charge in [-0.3, -0.25) is 14.4 Å². The van der Waals surface area contributed by atoms with Crippen LogP contribution in [0, 0.1) is 17.8 Å². The number of Topliss-reactive ketones (excluding diaryl/α,β-unsaturated/α-hetero) is 2. The molecule has 3 atom stereocenters. The zero-order valence-electron chi connectivity index (χ0n) is 14.9. The molecule has 0 bridgehead atoms. The van der Waals surface area contributed by atoms with Gasteiger partial charge in [-0.25, -0.2) is 0 Å². The highest BCUT2D eigenvalue weighted by atomic mass is 16.2. The topological polar surface area (TPSA) is 63.2 Å². The molecule has 3 unspecified atom stereocenters. The van der Waals surface area contributed by atoms with Crippen molar-refractivity contribution in [1.82, 2.24) is 5.32 Å². The Kier molecular flexibility index (Phi) is 8.21. The molecule has 0 spiro atoms. The Morgan fingerprint density at radius 2 is 2.00 bits per heavy atom. The minimum absolute atomic E-state index is 0.00280. The smallest absolute Gasteiger partial charge is 0.220 e. The third-order valence-electron chi connectivity index (χ3n) is 4.52. The molecule has 23 heavy (non-hydrogen) atoms. The van der Waals surface area contributed by atoms with Crippen molar-refractivity contribution in [2.45, 2.75) is 72.3 Å². The second-order valence-electron chi connectivity index (χ2n) is 7.05. The van der Waals surface area contributed by atoms with Crippen LogP contribution in [0.1, 0.15) is 66.2 Å². The number of hydrogen-bond donors (Lipinski definition) is 1. The number of amides is 1. The highest BCUT2D eigenvalue weighted by Gasteiger charge is 2.35. The molecule has 4 nitrogen and oxygen atoms in total. The lowest BCUT2D eigenvalue weighted by Gasteiger charge is -2.21. The first kappa shape index (κ1) is 19.6. The van der Waals surface area contributed by atoms with Gasteiger partial charge in [0.25, 0.3) is 0 Å². The summed E-state index contributed by atoms with van der Waals surface area (Å²) < 4.78 is 0. The van der Waals surface area contributed by atoms with E-state index in [1.54, 1.807) is 0 Å². The maximum Gasteiger partial charge on any atom is 0.220 e. The fourth-order valence-electron chi connectivity index (χ4n) is 3.24. The highest BCUT2D eigenvalue weighted by Crippen LogP contribution is 2.34. The van der Waals surface area contributed by atoms with Crippen LogP contribution in [0.5, 0.6) is 0 Å². The van der Waals surface area contributed by atoms with Crippen LogP contribution >= 0.6 is 0 Å². The van der Waals surface area contributed by atoms with Crippen LogP contribution < -0.4 is 5.32 Å². The lowest BCUT2D eigenvalue weighted by atomic mass is 9.89. The minimum Gasteiger partial charge on any atom is -0.346 e. The molecule has 1 saturated carbocycles. The summed E-state index contributed by atoms with van der Waals surface area (Å²) in [5, 5.41) is 2.86. The molecule has 4 heteroatoms. The molecule has 0 aliphatic heterocycles. The number of carbonyl (C=O) groups is 3. The Hall–Kier alpha value is -1.45. The molecule has 1 fully saturated rings. The predicted octanol–water partition coefficient (Wildman–Crippen LogP) is 3.45. The molecule has 1 rings (SSSR count). The van der Waals surface area contributed by atoms with Crippen LogP contribution in [0.4, 0.5) is 0 Å². The zero-order valence-corrected chi connectivity index (χ0v) is 14.9. The van der Waals surface area contributed by atoms with Crippen molar-refractivity contribution in [2.75, 3.05) is 0 Å². The normalized spacial score (nSPS) is 22.7. The van der Waals surface area contributed by atoms with Crippen LogP contribution in [-0.4, -0.2) is 23.5 Å². The first-order chi connectivity index (χ1) is 10.8. The maximum atomic E-state index is 12.3. The molecule has 0 aromatic heterocycles. The summed E-state index contributed by atoms with van der Waals surface area (Å²) in [6, 6.07) is -0.405. The van der Waals surface area contributed by atoms with E-state index in [-0.39, 0.29) is 29.3 Å². The van der Waals surface area contributed by atoms with Gasteiger partial charge < -0.3 is 5.32 Å². The molecule has 1 N–H and O–H groups in total. The van der Waals surface area contributed by atoms with E-state index in [2.05, 4.69) is 24.4 Å². The molecule has 1 aliphatic rings. The number of rotatable bonds is 9. The number of carbonyl (C=O) groups excluding carboxylic acids is 3. The third kappa shape index (κ3) is 6.67. The van der Waals surface area contributed by atoms with Crippen molar-refractivity contribution in [1.29, 1.82) is 0 Å². The maximum absolute atomic E-state index is 12.3. The number of nitrogens with one attached hydrogen (secondary N) is 1. The summed E-state index contributed by atoms with van der Waals surface area (Å²) in [5.74, 6) is 0.588. The summed E-state index contributed by atoms with van der Waals surface area (Å²) in [6.45, 7) is 7.65. The average molecular weight is 321 g/mol. The van der Waals surface area contributed by atoms with Gasteiger partial charge in [-0.05, 0) is 44.4 Å². The minimum atomic E-state index is -0.405. The molecule has 0 aromatic carbocycles. The van der Waals surface area contributed by atoms with Crippen molar-refractivity contribution in [2.24, 2.45) is 17.8 Å². The summed E-state index contributed by atoms with van der Waals surface area (Å²) in [7, 11) is 0. The predicted molar refractivity (Wildman–Crippen MR) is 92.0 cm³/mol. The van der Waals surface area contributed by atoms with E-state index in [0.29, 0.717) is 25.2 Å². The monoisotopic (exact) mass is 321 g/mol. The quantitative estimate of drug-likeness (QED) is 0.662. The largest absolute Gasteiger partial charge is 0.346 e. The van der Waals surface area contributed by atoms with E-state index in [9.17, 15) is 14.4 Å². The van der Waals surface area contributed by atoms with Gasteiger partial charge in [-0.2, -0.15) is 0 Å². The fraction of sp³-hybridized carbons (Fsp3) is 0.737. The van der Waals surface area contributed by atoms with Crippen LogP contribution in [-0.2, 0) is 14.4 Å². The summed E-state index contributed by atoms with van der Waals surface area (Å²) in [4.78, 5) is 36.0. The van der Waals surface area contributed by atoms with E-state index in [0.717, 1.165) is 19.3 Å². The third-order valence-corrected chi connectivity index (χ3v) is 4.52. The Morgan fingerprint density at radius 1 is 1.30 bits per heavy atom. The zero-order chi connectivity index (χ0) is 17.4. The lowest BCUT2D eigenvalue weighted by molar-refractivity contribution is -0.128.